The number of imidazole rings is 1. The lowest BCUT2D eigenvalue weighted by Gasteiger charge is -2.19. The SMILES string of the molecule is CCCCC(CC)c1cc(C)ccc1S(=O)(=O)c1ncc[nH]1. The number of unbranched alkanes of at least 4 members (excludes halogenated alkanes) is 1. The van der Waals surface area contributed by atoms with Gasteiger partial charge in [-0.1, -0.05) is 44.4 Å². The van der Waals surface area contributed by atoms with Crippen molar-refractivity contribution in [3.05, 3.63) is 41.7 Å². The number of aryl methyl sites for hydroxylation is 1. The van der Waals surface area contributed by atoms with E-state index in [1.54, 1.807) is 6.07 Å². The van der Waals surface area contributed by atoms with Crippen LogP contribution in [0.2, 0.25) is 0 Å². The molecular formula is C17H24N2O2S. The van der Waals surface area contributed by atoms with E-state index in [1.165, 1.54) is 12.4 Å². The highest BCUT2D eigenvalue weighted by Gasteiger charge is 2.26. The minimum Gasteiger partial charge on any atom is -0.335 e. The zero-order chi connectivity index (χ0) is 16.2. The molecule has 1 aromatic carbocycles. The van der Waals surface area contributed by atoms with E-state index < -0.39 is 9.84 Å². The van der Waals surface area contributed by atoms with Gasteiger partial charge in [-0.3, -0.25) is 0 Å². The van der Waals surface area contributed by atoms with E-state index in [4.69, 9.17) is 0 Å². The molecule has 1 unspecified atom stereocenters. The molecule has 2 rings (SSSR count). The third kappa shape index (κ3) is 3.40. The van der Waals surface area contributed by atoms with Crippen molar-refractivity contribution < 1.29 is 8.42 Å². The van der Waals surface area contributed by atoms with Crippen LogP contribution < -0.4 is 0 Å². The molecule has 0 radical (unpaired) electrons. The second-order valence-corrected chi connectivity index (χ2v) is 7.52. The molecule has 0 aliphatic heterocycles. The molecule has 0 bridgehead atoms. The number of nitrogens with zero attached hydrogens (tertiary/aromatic N) is 1. The topological polar surface area (TPSA) is 62.8 Å². The van der Waals surface area contributed by atoms with E-state index in [1.807, 2.05) is 19.1 Å². The molecule has 0 saturated carbocycles. The van der Waals surface area contributed by atoms with Crippen LogP contribution in [0.15, 0.2) is 40.6 Å². The van der Waals surface area contributed by atoms with E-state index in [9.17, 15) is 8.42 Å². The average Bonchev–Trinajstić information content (AvgIpc) is 3.03. The second kappa shape index (κ2) is 7.09. The highest BCUT2D eigenvalue weighted by atomic mass is 32.2. The Kier molecular flexibility index (Phi) is 5.40. The predicted molar refractivity (Wildman–Crippen MR) is 87.8 cm³/mol. The first-order valence-corrected chi connectivity index (χ1v) is 9.34. The fourth-order valence-corrected chi connectivity index (χ4v) is 4.18. The Morgan fingerprint density at radius 3 is 2.64 bits per heavy atom. The maximum atomic E-state index is 12.8. The first-order valence-electron chi connectivity index (χ1n) is 7.85. The number of aromatic nitrogens is 2. The highest BCUT2D eigenvalue weighted by Crippen LogP contribution is 2.33. The average molecular weight is 320 g/mol. The minimum atomic E-state index is -3.59. The van der Waals surface area contributed by atoms with E-state index in [0.717, 1.165) is 36.8 Å². The number of benzene rings is 1. The quantitative estimate of drug-likeness (QED) is 0.830. The summed E-state index contributed by atoms with van der Waals surface area (Å²) in [4.78, 5) is 7.04. The lowest BCUT2D eigenvalue weighted by atomic mass is 9.90. The monoisotopic (exact) mass is 320 g/mol. The van der Waals surface area contributed by atoms with Crippen molar-refractivity contribution in [2.75, 3.05) is 0 Å². The second-order valence-electron chi connectivity index (χ2n) is 5.69. The van der Waals surface area contributed by atoms with Gasteiger partial charge >= 0.3 is 0 Å². The molecule has 4 nitrogen and oxygen atoms in total. The minimum absolute atomic E-state index is 0.0166. The Hall–Kier alpha value is -1.62. The Bertz CT molecular complexity index is 706. The molecule has 120 valence electrons. The zero-order valence-electron chi connectivity index (χ0n) is 13.5. The molecule has 2 aromatic rings. The zero-order valence-corrected chi connectivity index (χ0v) is 14.3. The van der Waals surface area contributed by atoms with E-state index >= 15 is 0 Å². The standard InChI is InChI=1S/C17H24N2O2S/c1-4-6-7-14(5-2)15-12-13(3)8-9-16(15)22(20,21)17-18-10-11-19-17/h8-12,14H,4-7H2,1-3H3,(H,18,19). The summed E-state index contributed by atoms with van der Waals surface area (Å²) in [6.07, 6.45) is 7.17. The lowest BCUT2D eigenvalue weighted by molar-refractivity contribution is 0.553. The van der Waals surface area contributed by atoms with E-state index in [-0.39, 0.29) is 11.1 Å². The van der Waals surface area contributed by atoms with Crippen molar-refractivity contribution in [2.24, 2.45) is 0 Å². The van der Waals surface area contributed by atoms with Crippen molar-refractivity contribution in [2.45, 2.75) is 62.4 Å². The summed E-state index contributed by atoms with van der Waals surface area (Å²) >= 11 is 0. The summed E-state index contributed by atoms with van der Waals surface area (Å²) in [6.45, 7) is 6.27. The van der Waals surface area contributed by atoms with Gasteiger partial charge in [0.1, 0.15) is 0 Å². The van der Waals surface area contributed by atoms with Gasteiger partial charge in [0.05, 0.1) is 4.90 Å². The van der Waals surface area contributed by atoms with Crippen LogP contribution in [0, 0.1) is 6.92 Å². The van der Waals surface area contributed by atoms with Gasteiger partial charge in [0.25, 0.3) is 0 Å². The van der Waals surface area contributed by atoms with Gasteiger partial charge in [0, 0.05) is 12.4 Å². The number of nitrogens with one attached hydrogen (secondary N) is 1. The Labute approximate surface area is 132 Å². The molecule has 1 atom stereocenters. The first-order chi connectivity index (χ1) is 10.5. The van der Waals surface area contributed by atoms with Gasteiger partial charge in [-0.05, 0) is 37.3 Å². The van der Waals surface area contributed by atoms with Crippen LogP contribution in [0.4, 0.5) is 0 Å². The summed E-state index contributed by atoms with van der Waals surface area (Å²) in [5, 5.41) is 0.0166. The molecule has 1 N–H and O–H groups in total. The summed E-state index contributed by atoms with van der Waals surface area (Å²) in [7, 11) is -3.59. The van der Waals surface area contributed by atoms with Gasteiger partial charge in [-0.2, -0.15) is 0 Å². The molecule has 0 spiro atoms. The van der Waals surface area contributed by atoms with Crippen molar-refractivity contribution in [1.82, 2.24) is 9.97 Å². The molecule has 1 heterocycles. The van der Waals surface area contributed by atoms with Crippen molar-refractivity contribution in [1.29, 1.82) is 0 Å². The first kappa shape index (κ1) is 16.7. The number of hydrogen-bond acceptors (Lipinski definition) is 3. The molecule has 0 amide bonds. The van der Waals surface area contributed by atoms with Crippen molar-refractivity contribution in [3.8, 4) is 0 Å². The summed E-state index contributed by atoms with van der Waals surface area (Å²) < 4.78 is 25.7. The lowest BCUT2D eigenvalue weighted by Crippen LogP contribution is -2.11. The van der Waals surface area contributed by atoms with E-state index in [0.29, 0.717) is 4.90 Å². The summed E-state index contributed by atoms with van der Waals surface area (Å²) in [5.74, 6) is 0.264. The highest BCUT2D eigenvalue weighted by molar-refractivity contribution is 7.91. The van der Waals surface area contributed by atoms with Gasteiger partial charge in [0.2, 0.25) is 15.0 Å². The molecule has 5 heteroatoms. The number of aromatic amines is 1. The normalized spacial score (nSPS) is 13.2. The van der Waals surface area contributed by atoms with Crippen LogP contribution in [0.1, 0.15) is 56.6 Å². The van der Waals surface area contributed by atoms with Crippen LogP contribution in [0.5, 0.6) is 0 Å². The van der Waals surface area contributed by atoms with Crippen molar-refractivity contribution >= 4 is 9.84 Å². The van der Waals surface area contributed by atoms with Crippen LogP contribution in [-0.4, -0.2) is 18.4 Å². The number of sulfone groups is 1. The third-order valence-electron chi connectivity index (χ3n) is 4.02. The molecular weight excluding hydrogens is 296 g/mol. The van der Waals surface area contributed by atoms with Gasteiger partial charge in [0.15, 0.2) is 0 Å². The van der Waals surface area contributed by atoms with Crippen LogP contribution in [0.25, 0.3) is 0 Å². The largest absolute Gasteiger partial charge is 0.335 e. The summed E-state index contributed by atoms with van der Waals surface area (Å²) in [6, 6.07) is 5.59. The molecule has 0 aliphatic rings. The molecule has 0 saturated heterocycles. The maximum absolute atomic E-state index is 12.8. The predicted octanol–water partition coefficient (Wildman–Crippen LogP) is 4.23. The Balaban J connectivity index is 2.52. The molecule has 0 fully saturated rings. The Morgan fingerprint density at radius 2 is 2.05 bits per heavy atom. The van der Waals surface area contributed by atoms with Crippen LogP contribution >= 0.6 is 0 Å². The maximum Gasteiger partial charge on any atom is 0.240 e. The fourth-order valence-electron chi connectivity index (χ4n) is 2.76. The van der Waals surface area contributed by atoms with Gasteiger partial charge in [-0.25, -0.2) is 13.4 Å². The van der Waals surface area contributed by atoms with Crippen LogP contribution in [0.3, 0.4) is 0 Å². The third-order valence-corrected chi connectivity index (χ3v) is 5.70. The van der Waals surface area contributed by atoms with Crippen LogP contribution in [-0.2, 0) is 9.84 Å². The van der Waals surface area contributed by atoms with Gasteiger partial charge in [-0.15, -0.1) is 0 Å². The number of hydrogen-bond donors (Lipinski definition) is 1. The molecule has 22 heavy (non-hydrogen) atoms. The van der Waals surface area contributed by atoms with Gasteiger partial charge < -0.3 is 4.98 Å². The molecule has 0 aliphatic carbocycles. The number of rotatable bonds is 7. The Morgan fingerprint density at radius 1 is 1.27 bits per heavy atom. The summed E-state index contributed by atoms with van der Waals surface area (Å²) in [5.41, 5.74) is 2.01. The smallest absolute Gasteiger partial charge is 0.240 e. The number of H-pyrrole nitrogens is 1. The van der Waals surface area contributed by atoms with E-state index in [2.05, 4.69) is 23.8 Å². The fraction of sp³-hybridized carbons (Fsp3) is 0.471. The van der Waals surface area contributed by atoms with Crippen molar-refractivity contribution in [3.63, 3.8) is 0 Å². The molecule has 1 aromatic heterocycles.